The molecule has 2 aromatic rings. The van der Waals surface area contributed by atoms with Crippen LogP contribution in [0.15, 0.2) is 22.8 Å². The standard InChI is InChI=1S/C12H13Cl2NO/c1-2-3-15-6-8-7-16-11-5-9(13)4-10(14)12(8)11/h4-5,7,15H,2-3,6H2,1H3. The topological polar surface area (TPSA) is 25.2 Å². The van der Waals surface area contributed by atoms with Crippen molar-refractivity contribution in [2.45, 2.75) is 19.9 Å². The predicted molar refractivity (Wildman–Crippen MR) is 68.2 cm³/mol. The Morgan fingerprint density at radius 3 is 2.88 bits per heavy atom. The van der Waals surface area contributed by atoms with Crippen molar-refractivity contribution in [3.63, 3.8) is 0 Å². The normalized spacial score (nSPS) is 11.2. The molecule has 1 aromatic heterocycles. The first-order valence-corrected chi connectivity index (χ1v) is 6.03. The Bertz CT molecular complexity index is 493. The van der Waals surface area contributed by atoms with E-state index in [4.69, 9.17) is 27.6 Å². The van der Waals surface area contributed by atoms with Gasteiger partial charge in [-0.3, -0.25) is 0 Å². The molecule has 0 spiro atoms. The lowest BCUT2D eigenvalue weighted by molar-refractivity contribution is 0.601. The molecule has 0 aliphatic heterocycles. The first-order valence-electron chi connectivity index (χ1n) is 5.28. The molecular weight excluding hydrogens is 245 g/mol. The highest BCUT2D eigenvalue weighted by Gasteiger charge is 2.10. The summed E-state index contributed by atoms with van der Waals surface area (Å²) in [5, 5.41) is 5.51. The molecule has 86 valence electrons. The van der Waals surface area contributed by atoms with Crippen molar-refractivity contribution in [2.75, 3.05) is 6.54 Å². The van der Waals surface area contributed by atoms with E-state index in [2.05, 4.69) is 12.2 Å². The molecule has 0 amide bonds. The predicted octanol–water partition coefficient (Wildman–Crippen LogP) is 4.24. The maximum absolute atomic E-state index is 6.15. The lowest BCUT2D eigenvalue weighted by Gasteiger charge is -2.02. The van der Waals surface area contributed by atoms with Gasteiger partial charge in [0, 0.05) is 28.6 Å². The molecule has 0 radical (unpaired) electrons. The number of halogens is 2. The van der Waals surface area contributed by atoms with Crippen LogP contribution in [0.1, 0.15) is 18.9 Å². The number of hydrogen-bond donors (Lipinski definition) is 1. The molecule has 0 atom stereocenters. The van der Waals surface area contributed by atoms with E-state index in [0.717, 1.165) is 36.0 Å². The fraction of sp³-hybridized carbons (Fsp3) is 0.333. The zero-order valence-corrected chi connectivity index (χ0v) is 10.5. The van der Waals surface area contributed by atoms with Crippen molar-refractivity contribution in [2.24, 2.45) is 0 Å². The summed E-state index contributed by atoms with van der Waals surface area (Å²) in [5.74, 6) is 0. The van der Waals surface area contributed by atoms with E-state index in [-0.39, 0.29) is 0 Å². The minimum absolute atomic E-state index is 0.597. The zero-order valence-electron chi connectivity index (χ0n) is 9.02. The van der Waals surface area contributed by atoms with Crippen LogP contribution < -0.4 is 5.32 Å². The van der Waals surface area contributed by atoms with Crippen molar-refractivity contribution in [3.8, 4) is 0 Å². The second-order valence-electron chi connectivity index (χ2n) is 3.70. The fourth-order valence-corrected chi connectivity index (χ4v) is 2.27. The molecule has 0 unspecified atom stereocenters. The molecule has 1 N–H and O–H groups in total. The van der Waals surface area contributed by atoms with E-state index in [9.17, 15) is 0 Å². The third-order valence-corrected chi connectivity index (χ3v) is 2.93. The van der Waals surface area contributed by atoms with Crippen LogP contribution in [-0.2, 0) is 6.54 Å². The Hall–Kier alpha value is -0.700. The summed E-state index contributed by atoms with van der Waals surface area (Å²) in [6, 6.07) is 3.52. The van der Waals surface area contributed by atoms with Gasteiger partial charge < -0.3 is 9.73 Å². The van der Waals surface area contributed by atoms with Crippen LogP contribution in [0.4, 0.5) is 0 Å². The van der Waals surface area contributed by atoms with Crippen molar-refractivity contribution >= 4 is 34.2 Å². The molecule has 0 fully saturated rings. The lowest BCUT2D eigenvalue weighted by Crippen LogP contribution is -2.13. The van der Waals surface area contributed by atoms with Gasteiger partial charge in [-0.25, -0.2) is 0 Å². The maximum atomic E-state index is 6.15. The highest BCUT2D eigenvalue weighted by Crippen LogP contribution is 2.31. The van der Waals surface area contributed by atoms with Gasteiger partial charge in [0.15, 0.2) is 0 Å². The Balaban J connectivity index is 2.33. The number of nitrogens with one attached hydrogen (secondary N) is 1. The van der Waals surface area contributed by atoms with Crippen LogP contribution in [0, 0.1) is 0 Å². The molecule has 1 aromatic carbocycles. The lowest BCUT2D eigenvalue weighted by atomic mass is 10.2. The van der Waals surface area contributed by atoms with Crippen LogP contribution in [0.25, 0.3) is 11.0 Å². The van der Waals surface area contributed by atoms with Gasteiger partial charge in [0.25, 0.3) is 0 Å². The first kappa shape index (κ1) is 11.8. The SMILES string of the molecule is CCCNCc1coc2cc(Cl)cc(Cl)c12. The van der Waals surface area contributed by atoms with Crippen molar-refractivity contribution in [1.29, 1.82) is 0 Å². The molecule has 4 heteroatoms. The second kappa shape index (κ2) is 5.09. The fourth-order valence-electron chi connectivity index (χ4n) is 1.68. The number of hydrogen-bond acceptors (Lipinski definition) is 2. The summed E-state index contributed by atoms with van der Waals surface area (Å²) in [6.07, 6.45) is 2.84. The third kappa shape index (κ3) is 2.34. The van der Waals surface area contributed by atoms with Gasteiger partial charge >= 0.3 is 0 Å². The molecule has 0 bridgehead atoms. The van der Waals surface area contributed by atoms with E-state index in [1.54, 1.807) is 18.4 Å². The van der Waals surface area contributed by atoms with Gasteiger partial charge in [-0.15, -0.1) is 0 Å². The van der Waals surface area contributed by atoms with Gasteiger partial charge in [-0.05, 0) is 19.0 Å². The molecule has 0 aliphatic carbocycles. The van der Waals surface area contributed by atoms with Crippen molar-refractivity contribution < 1.29 is 4.42 Å². The van der Waals surface area contributed by atoms with Crippen LogP contribution in [-0.4, -0.2) is 6.54 Å². The minimum atomic E-state index is 0.597. The van der Waals surface area contributed by atoms with Crippen LogP contribution in [0.5, 0.6) is 0 Å². The Morgan fingerprint density at radius 1 is 1.31 bits per heavy atom. The van der Waals surface area contributed by atoms with Crippen LogP contribution in [0.2, 0.25) is 10.0 Å². The molecule has 2 rings (SSSR count). The maximum Gasteiger partial charge on any atom is 0.137 e. The summed E-state index contributed by atoms with van der Waals surface area (Å²) in [4.78, 5) is 0. The van der Waals surface area contributed by atoms with Gasteiger partial charge in [0.2, 0.25) is 0 Å². The summed E-state index contributed by atoms with van der Waals surface area (Å²) in [5.41, 5.74) is 1.82. The highest BCUT2D eigenvalue weighted by molar-refractivity contribution is 6.38. The van der Waals surface area contributed by atoms with Crippen molar-refractivity contribution in [1.82, 2.24) is 5.32 Å². The smallest absolute Gasteiger partial charge is 0.137 e. The van der Waals surface area contributed by atoms with E-state index in [0.29, 0.717) is 10.0 Å². The molecular formula is C12H13Cl2NO. The van der Waals surface area contributed by atoms with Gasteiger partial charge in [0.1, 0.15) is 5.58 Å². The Labute approximate surface area is 105 Å². The van der Waals surface area contributed by atoms with E-state index >= 15 is 0 Å². The summed E-state index contributed by atoms with van der Waals surface area (Å²) >= 11 is 12.0. The Morgan fingerprint density at radius 2 is 2.12 bits per heavy atom. The largest absolute Gasteiger partial charge is 0.464 e. The van der Waals surface area contributed by atoms with Gasteiger partial charge in [-0.2, -0.15) is 0 Å². The molecule has 1 heterocycles. The van der Waals surface area contributed by atoms with Gasteiger partial charge in [0.05, 0.1) is 11.3 Å². The molecule has 0 saturated heterocycles. The molecule has 16 heavy (non-hydrogen) atoms. The first-order chi connectivity index (χ1) is 7.72. The zero-order chi connectivity index (χ0) is 11.5. The summed E-state index contributed by atoms with van der Waals surface area (Å²) in [7, 11) is 0. The monoisotopic (exact) mass is 257 g/mol. The average Bonchev–Trinajstić information content (AvgIpc) is 2.62. The van der Waals surface area contributed by atoms with Crippen molar-refractivity contribution in [3.05, 3.63) is 34.0 Å². The molecule has 0 aliphatic rings. The molecule has 0 saturated carbocycles. The van der Waals surface area contributed by atoms with Gasteiger partial charge in [-0.1, -0.05) is 30.1 Å². The summed E-state index contributed by atoms with van der Waals surface area (Å²) in [6.45, 7) is 3.88. The average molecular weight is 258 g/mol. The summed E-state index contributed by atoms with van der Waals surface area (Å²) < 4.78 is 5.43. The highest BCUT2D eigenvalue weighted by atomic mass is 35.5. The van der Waals surface area contributed by atoms with E-state index < -0.39 is 0 Å². The third-order valence-electron chi connectivity index (χ3n) is 2.41. The number of furan rings is 1. The number of rotatable bonds is 4. The minimum Gasteiger partial charge on any atom is -0.464 e. The van der Waals surface area contributed by atoms with E-state index in [1.807, 2.05) is 0 Å². The Kier molecular flexibility index (Phi) is 3.74. The van der Waals surface area contributed by atoms with E-state index in [1.165, 1.54) is 0 Å². The number of benzene rings is 1. The number of fused-ring (bicyclic) bond motifs is 1. The van der Waals surface area contributed by atoms with Crippen LogP contribution in [0.3, 0.4) is 0 Å². The van der Waals surface area contributed by atoms with Crippen LogP contribution >= 0.6 is 23.2 Å². The molecule has 2 nitrogen and oxygen atoms in total. The quantitative estimate of drug-likeness (QED) is 0.830. The second-order valence-corrected chi connectivity index (χ2v) is 4.54.